The highest BCUT2D eigenvalue weighted by atomic mass is 79.9. The fourth-order valence-electron chi connectivity index (χ4n) is 3.48. The van der Waals surface area contributed by atoms with Gasteiger partial charge in [-0.25, -0.2) is 0 Å². The third kappa shape index (κ3) is 5.09. The summed E-state index contributed by atoms with van der Waals surface area (Å²) < 4.78 is 18.1. The molecule has 1 aromatic carbocycles. The lowest BCUT2D eigenvalue weighted by Crippen LogP contribution is -2.30. The van der Waals surface area contributed by atoms with Crippen molar-refractivity contribution in [1.82, 2.24) is 0 Å². The Kier molecular flexibility index (Phi) is 7.29. The monoisotopic (exact) mass is 477 g/mol. The molecule has 1 aromatic rings. The minimum atomic E-state index is -0.409. The van der Waals surface area contributed by atoms with Crippen molar-refractivity contribution in [3.8, 4) is 11.5 Å². The summed E-state index contributed by atoms with van der Waals surface area (Å²) in [6.45, 7) is 4.46. The Balaban J connectivity index is 1.97. The van der Waals surface area contributed by atoms with Crippen LogP contribution in [0.15, 0.2) is 39.8 Å². The highest BCUT2D eigenvalue weighted by Gasteiger charge is 2.31. The third-order valence-corrected chi connectivity index (χ3v) is 5.68. The van der Waals surface area contributed by atoms with Crippen LogP contribution in [0.25, 0.3) is 10.4 Å². The Morgan fingerprint density at radius 2 is 2.17 bits per heavy atom. The van der Waals surface area contributed by atoms with Crippen molar-refractivity contribution in [3.63, 3.8) is 0 Å². The molecular weight excluding hydrogens is 454 g/mol. The van der Waals surface area contributed by atoms with Crippen LogP contribution in [0.5, 0.6) is 11.5 Å². The minimum Gasteiger partial charge on any atom is -0.496 e. The molecular formula is C21H24BrN3O5. The molecule has 2 unspecified atom stereocenters. The Labute approximate surface area is 183 Å². The molecule has 1 aliphatic carbocycles. The minimum absolute atomic E-state index is 0.0597. The van der Waals surface area contributed by atoms with E-state index in [9.17, 15) is 4.79 Å². The number of azide groups is 1. The maximum absolute atomic E-state index is 12.5. The van der Waals surface area contributed by atoms with Gasteiger partial charge in [-0.15, -0.1) is 0 Å². The van der Waals surface area contributed by atoms with Crippen LogP contribution in [0.2, 0.25) is 0 Å². The maximum Gasteiger partial charge on any atom is 0.310 e. The summed E-state index contributed by atoms with van der Waals surface area (Å²) in [4.78, 5) is 20.1. The summed E-state index contributed by atoms with van der Waals surface area (Å²) in [7, 11) is 1.61. The van der Waals surface area contributed by atoms with E-state index in [1.807, 2.05) is 12.1 Å². The van der Waals surface area contributed by atoms with E-state index < -0.39 is 6.10 Å². The molecule has 8 nitrogen and oxygen atoms in total. The predicted octanol–water partition coefficient (Wildman–Crippen LogP) is 5.16. The van der Waals surface area contributed by atoms with Gasteiger partial charge in [-0.1, -0.05) is 19.9 Å². The Morgan fingerprint density at radius 3 is 2.87 bits per heavy atom. The van der Waals surface area contributed by atoms with E-state index in [1.165, 1.54) is 0 Å². The number of esters is 1. The number of aryl methyl sites for hydroxylation is 1. The summed E-state index contributed by atoms with van der Waals surface area (Å²) in [5.74, 6) is 1.48. The number of allylic oxidation sites excluding steroid dienone is 1. The summed E-state index contributed by atoms with van der Waals surface area (Å²) >= 11 is 3.41. The van der Waals surface area contributed by atoms with Crippen LogP contribution in [-0.4, -0.2) is 25.8 Å². The highest BCUT2D eigenvalue weighted by Crippen LogP contribution is 2.38. The fraction of sp³-hybridized carbons (Fsp3) is 0.476. The van der Waals surface area contributed by atoms with Crippen molar-refractivity contribution in [3.05, 3.63) is 56.1 Å². The van der Waals surface area contributed by atoms with Crippen LogP contribution in [0.3, 0.4) is 0 Å². The first-order chi connectivity index (χ1) is 14.4. The molecule has 0 aromatic heterocycles. The van der Waals surface area contributed by atoms with E-state index in [1.54, 1.807) is 19.3 Å². The highest BCUT2D eigenvalue weighted by molar-refractivity contribution is 9.11. The van der Waals surface area contributed by atoms with Gasteiger partial charge in [0.05, 0.1) is 23.9 Å². The average Bonchev–Trinajstić information content (AvgIpc) is 2.77. The van der Waals surface area contributed by atoms with Crippen LogP contribution in [0.1, 0.15) is 31.4 Å². The molecule has 30 heavy (non-hydrogen) atoms. The summed E-state index contributed by atoms with van der Waals surface area (Å²) in [5, 5.41) is 3.13. The van der Waals surface area contributed by atoms with E-state index in [0.29, 0.717) is 33.2 Å². The summed E-state index contributed by atoms with van der Waals surface area (Å²) in [6.07, 6.45) is 5.03. The number of fused-ring (bicyclic) bond motifs is 2. The van der Waals surface area contributed by atoms with Gasteiger partial charge < -0.3 is 19.0 Å². The third-order valence-electron chi connectivity index (χ3n) is 5.02. The zero-order valence-electron chi connectivity index (χ0n) is 17.1. The molecule has 0 radical (unpaired) electrons. The molecule has 0 saturated carbocycles. The van der Waals surface area contributed by atoms with Gasteiger partial charge in [0.15, 0.2) is 0 Å². The number of carbonyl (C=O) groups is 1. The zero-order valence-corrected chi connectivity index (χ0v) is 18.7. The fourth-order valence-corrected chi connectivity index (χ4v) is 3.95. The van der Waals surface area contributed by atoms with E-state index in [-0.39, 0.29) is 24.9 Å². The van der Waals surface area contributed by atoms with Gasteiger partial charge >= 0.3 is 5.97 Å². The molecule has 0 amide bonds. The second-order valence-corrected chi connectivity index (χ2v) is 8.44. The largest absolute Gasteiger partial charge is 0.496 e. The molecule has 0 spiro atoms. The van der Waals surface area contributed by atoms with E-state index >= 15 is 0 Å². The van der Waals surface area contributed by atoms with Crippen LogP contribution >= 0.6 is 15.9 Å². The first-order valence-electron chi connectivity index (χ1n) is 9.74. The average molecular weight is 478 g/mol. The molecule has 9 heteroatoms. The van der Waals surface area contributed by atoms with Gasteiger partial charge in [-0.2, -0.15) is 0 Å². The lowest BCUT2D eigenvalue weighted by Gasteiger charge is -2.27. The molecule has 2 atom stereocenters. The van der Waals surface area contributed by atoms with Crippen molar-refractivity contribution < 1.29 is 23.8 Å². The molecule has 0 N–H and O–H groups in total. The van der Waals surface area contributed by atoms with Crippen LogP contribution in [0.4, 0.5) is 0 Å². The molecule has 0 saturated heterocycles. The zero-order chi connectivity index (χ0) is 21.7. The standard InChI is InChI=1S/C21H24BrN3O5/c1-12(2)4-5-13-6-7-17-15(21(13)27-3)9-20(26)28-11-14-8-19(30-25-24-23)16(22)10-18(14)29-17/h6-8,10,12,14,18H,4-5,9,11H2,1-3H3. The lowest BCUT2D eigenvalue weighted by atomic mass is 9.96. The second kappa shape index (κ2) is 9.91. The smallest absolute Gasteiger partial charge is 0.310 e. The maximum atomic E-state index is 12.5. The Morgan fingerprint density at radius 1 is 1.37 bits per heavy atom. The number of carbonyl (C=O) groups excluding carboxylic acids is 1. The lowest BCUT2D eigenvalue weighted by molar-refractivity contribution is -0.144. The number of hydrogen-bond acceptors (Lipinski definition) is 6. The van der Waals surface area contributed by atoms with Crippen molar-refractivity contribution in [2.24, 2.45) is 17.1 Å². The van der Waals surface area contributed by atoms with Crippen molar-refractivity contribution in [2.45, 2.75) is 39.2 Å². The number of halogens is 1. The molecule has 1 heterocycles. The number of nitrogens with zero attached hydrogens (tertiary/aromatic N) is 3. The normalized spacial score (nSPS) is 20.6. The van der Waals surface area contributed by atoms with Crippen LogP contribution in [0, 0.1) is 11.8 Å². The van der Waals surface area contributed by atoms with Crippen LogP contribution < -0.4 is 9.47 Å². The number of benzene rings is 1. The molecule has 3 rings (SSSR count). The van der Waals surface area contributed by atoms with E-state index in [2.05, 4.69) is 40.0 Å². The first-order valence-corrected chi connectivity index (χ1v) is 10.5. The second-order valence-electron chi connectivity index (χ2n) is 7.58. The van der Waals surface area contributed by atoms with Crippen molar-refractivity contribution >= 4 is 21.9 Å². The van der Waals surface area contributed by atoms with Gasteiger partial charge in [0.2, 0.25) is 0 Å². The molecule has 2 aliphatic rings. The van der Waals surface area contributed by atoms with E-state index in [0.717, 1.165) is 18.4 Å². The summed E-state index contributed by atoms with van der Waals surface area (Å²) in [5.41, 5.74) is 10.2. The quantitative estimate of drug-likeness (QED) is 0.185. The van der Waals surface area contributed by atoms with Crippen LogP contribution in [-0.2, 0) is 27.2 Å². The molecule has 0 fully saturated rings. The Hall–Kier alpha value is -2.64. The Bertz CT molecular complexity index is 921. The predicted molar refractivity (Wildman–Crippen MR) is 114 cm³/mol. The van der Waals surface area contributed by atoms with Gasteiger partial charge in [0.25, 0.3) is 0 Å². The molecule has 0 bridgehead atoms. The number of rotatable bonds is 6. The van der Waals surface area contributed by atoms with Gasteiger partial charge in [0, 0.05) is 10.5 Å². The molecule has 160 valence electrons. The van der Waals surface area contributed by atoms with Gasteiger partial charge in [0.1, 0.15) is 35.2 Å². The SMILES string of the molecule is COc1c(CCC(C)C)ccc2c1CC(=O)OCC1C=C(ON=[N+]=[N-])C(Br)=CC1O2. The van der Waals surface area contributed by atoms with E-state index in [4.69, 9.17) is 24.6 Å². The molecule has 1 aliphatic heterocycles. The van der Waals surface area contributed by atoms with Crippen molar-refractivity contribution in [1.29, 1.82) is 0 Å². The number of ether oxygens (including phenoxy) is 3. The van der Waals surface area contributed by atoms with Gasteiger partial charge in [-0.05, 0) is 64.0 Å². The van der Waals surface area contributed by atoms with Crippen molar-refractivity contribution in [2.75, 3.05) is 13.7 Å². The summed E-state index contributed by atoms with van der Waals surface area (Å²) in [6, 6.07) is 3.88. The first kappa shape index (κ1) is 22.1. The topological polar surface area (TPSA) is 103 Å². The number of cyclic esters (lactones) is 1. The number of methoxy groups -OCH3 is 1. The van der Waals surface area contributed by atoms with Gasteiger partial charge in [-0.3, -0.25) is 4.79 Å². The number of hydrogen-bond donors (Lipinski definition) is 0.